The molecule has 6 heterocycles. The van der Waals surface area contributed by atoms with Crippen LogP contribution in [0.15, 0.2) is 55.1 Å². The maximum absolute atomic E-state index is 13.6. The molecule has 11 heteroatoms. The van der Waals surface area contributed by atoms with Crippen LogP contribution in [0.25, 0.3) is 11.3 Å². The molecular weight excluding hydrogens is 566 g/mol. The first kappa shape index (κ1) is 29.0. The molecule has 0 spiro atoms. The highest BCUT2D eigenvalue weighted by Crippen LogP contribution is 2.46. The fourth-order valence-corrected chi connectivity index (χ4v) is 6.82. The van der Waals surface area contributed by atoms with Gasteiger partial charge in [0.15, 0.2) is 0 Å². The largest absolute Gasteiger partial charge is 0.378 e. The van der Waals surface area contributed by atoms with Crippen molar-refractivity contribution in [1.82, 2.24) is 24.8 Å². The van der Waals surface area contributed by atoms with E-state index in [1.165, 1.54) is 16.8 Å². The van der Waals surface area contributed by atoms with Gasteiger partial charge in [-0.15, -0.1) is 0 Å². The van der Waals surface area contributed by atoms with Crippen molar-refractivity contribution in [2.45, 2.75) is 26.7 Å². The van der Waals surface area contributed by atoms with E-state index in [4.69, 9.17) is 15.5 Å². The van der Waals surface area contributed by atoms with Gasteiger partial charge >= 0.3 is 0 Å². The number of nitrogens with zero attached hydrogens (tertiary/aromatic N) is 8. The Hall–Kier alpha value is -4.77. The van der Waals surface area contributed by atoms with Gasteiger partial charge in [0.25, 0.3) is 5.91 Å². The number of carbonyl (C=O) groups excluding carboxylic acids is 1. The Balaban J connectivity index is 1.20. The standard InChI is InChI=1S/C34H39N9O2/c1-3-27-31-28(30(25-20-37-34(35)38-21-25)39-32(27)41-15-17-45-18-16-41)8-10-43(31)29-7-6-24(19-23(29)2)33(44)42-13-11-40(12-14-42)26-5-4-9-36-22-26/h4-7,9,19-22H,3,8,10-18H2,1-2H3,(H2,35,37,38). The highest BCUT2D eigenvalue weighted by atomic mass is 16.5. The molecule has 0 saturated carbocycles. The number of piperazine rings is 1. The molecule has 4 aromatic rings. The van der Waals surface area contributed by atoms with Crippen LogP contribution in [-0.4, -0.2) is 89.8 Å². The van der Waals surface area contributed by atoms with Gasteiger partial charge < -0.3 is 30.1 Å². The summed E-state index contributed by atoms with van der Waals surface area (Å²) < 4.78 is 5.67. The minimum atomic E-state index is 0.0796. The Labute approximate surface area is 263 Å². The number of hydrogen-bond donors (Lipinski definition) is 1. The van der Waals surface area contributed by atoms with Gasteiger partial charge in [-0.25, -0.2) is 15.0 Å². The second-order valence-electron chi connectivity index (χ2n) is 11.8. The summed E-state index contributed by atoms with van der Waals surface area (Å²) in [6, 6.07) is 10.2. The number of pyridine rings is 2. The lowest BCUT2D eigenvalue weighted by atomic mass is 10.00. The highest BCUT2D eigenvalue weighted by molar-refractivity contribution is 5.95. The molecule has 0 radical (unpaired) electrons. The lowest BCUT2D eigenvalue weighted by molar-refractivity contribution is 0.0746. The summed E-state index contributed by atoms with van der Waals surface area (Å²) in [7, 11) is 0. The molecule has 2 N–H and O–H groups in total. The molecule has 0 unspecified atom stereocenters. The van der Waals surface area contributed by atoms with Gasteiger partial charge in [-0.1, -0.05) is 6.92 Å². The number of aryl methyl sites for hydroxylation is 1. The summed E-state index contributed by atoms with van der Waals surface area (Å²) in [5.74, 6) is 1.32. The number of aromatic nitrogens is 4. The van der Waals surface area contributed by atoms with E-state index in [0.717, 1.165) is 85.1 Å². The number of anilines is 5. The molecular formula is C34H39N9O2. The van der Waals surface area contributed by atoms with Gasteiger partial charge in [-0.05, 0) is 55.7 Å². The van der Waals surface area contributed by atoms with Crippen molar-refractivity contribution in [1.29, 1.82) is 0 Å². The van der Waals surface area contributed by atoms with Crippen molar-refractivity contribution in [3.63, 3.8) is 0 Å². The third-order valence-electron chi connectivity index (χ3n) is 9.12. The maximum Gasteiger partial charge on any atom is 0.253 e. The summed E-state index contributed by atoms with van der Waals surface area (Å²) in [4.78, 5) is 40.7. The molecule has 0 bridgehead atoms. The SMILES string of the molecule is CCc1c(N2CCOCC2)nc(-c2cnc(N)nc2)c2c1N(c1ccc(C(=O)N3CCN(c4cccnc4)CC3)cc1C)CC2. The molecule has 1 aromatic carbocycles. The first-order chi connectivity index (χ1) is 22.0. The Morgan fingerprint density at radius 1 is 0.956 bits per heavy atom. The second-order valence-corrected chi connectivity index (χ2v) is 11.8. The van der Waals surface area contributed by atoms with Crippen molar-refractivity contribution < 1.29 is 9.53 Å². The quantitative estimate of drug-likeness (QED) is 0.347. The average molecular weight is 606 g/mol. The number of benzene rings is 1. The van der Waals surface area contributed by atoms with Crippen LogP contribution in [0.4, 0.5) is 28.8 Å². The van der Waals surface area contributed by atoms with E-state index >= 15 is 0 Å². The average Bonchev–Trinajstić information content (AvgIpc) is 3.53. The van der Waals surface area contributed by atoms with Crippen molar-refractivity contribution in [3.05, 3.63) is 77.4 Å². The normalized spacial score (nSPS) is 16.7. The third-order valence-corrected chi connectivity index (χ3v) is 9.12. The van der Waals surface area contributed by atoms with Crippen LogP contribution in [-0.2, 0) is 17.6 Å². The molecule has 3 aromatic heterocycles. The zero-order valence-corrected chi connectivity index (χ0v) is 25.9. The Morgan fingerprint density at radius 2 is 1.73 bits per heavy atom. The van der Waals surface area contributed by atoms with E-state index < -0.39 is 0 Å². The fraction of sp³-hybridized carbons (Fsp3) is 0.382. The third kappa shape index (κ3) is 5.52. The number of ether oxygens (including phenoxy) is 1. The van der Waals surface area contributed by atoms with Crippen LogP contribution in [0.1, 0.15) is 34.0 Å². The minimum Gasteiger partial charge on any atom is -0.378 e. The van der Waals surface area contributed by atoms with Crippen LogP contribution in [0, 0.1) is 6.92 Å². The van der Waals surface area contributed by atoms with Crippen LogP contribution < -0.4 is 20.4 Å². The van der Waals surface area contributed by atoms with Gasteiger partial charge in [-0.2, -0.15) is 0 Å². The molecule has 11 nitrogen and oxygen atoms in total. The van der Waals surface area contributed by atoms with Crippen molar-refractivity contribution in [2.24, 2.45) is 0 Å². The summed E-state index contributed by atoms with van der Waals surface area (Å²) in [6.07, 6.45) is 8.89. The predicted molar refractivity (Wildman–Crippen MR) is 176 cm³/mol. The van der Waals surface area contributed by atoms with Gasteiger partial charge in [0, 0.05) is 92.3 Å². The first-order valence-corrected chi connectivity index (χ1v) is 15.8. The van der Waals surface area contributed by atoms with E-state index in [1.807, 2.05) is 29.3 Å². The van der Waals surface area contributed by atoms with E-state index in [1.54, 1.807) is 18.6 Å². The number of nitrogen functional groups attached to an aromatic ring is 1. The van der Waals surface area contributed by atoms with E-state index in [0.29, 0.717) is 26.3 Å². The van der Waals surface area contributed by atoms with Gasteiger partial charge in [-0.3, -0.25) is 9.78 Å². The van der Waals surface area contributed by atoms with Crippen molar-refractivity contribution in [2.75, 3.05) is 79.5 Å². The number of morpholine rings is 1. The number of fused-ring (bicyclic) bond motifs is 1. The molecule has 2 saturated heterocycles. The molecule has 232 valence electrons. The topological polar surface area (TPSA) is 117 Å². The summed E-state index contributed by atoms with van der Waals surface area (Å²) in [5, 5.41) is 0. The highest BCUT2D eigenvalue weighted by Gasteiger charge is 2.33. The van der Waals surface area contributed by atoms with E-state index in [-0.39, 0.29) is 11.9 Å². The van der Waals surface area contributed by atoms with Crippen LogP contribution >= 0.6 is 0 Å². The van der Waals surface area contributed by atoms with E-state index in [2.05, 4.69) is 55.6 Å². The Morgan fingerprint density at radius 3 is 2.42 bits per heavy atom. The Bertz CT molecular complexity index is 1680. The number of rotatable bonds is 6. The monoisotopic (exact) mass is 605 g/mol. The van der Waals surface area contributed by atoms with Gasteiger partial charge in [0.2, 0.25) is 5.95 Å². The lowest BCUT2D eigenvalue weighted by Gasteiger charge is -2.36. The molecule has 3 aliphatic heterocycles. The second kappa shape index (κ2) is 12.3. The smallest absolute Gasteiger partial charge is 0.253 e. The van der Waals surface area contributed by atoms with Crippen LogP contribution in [0.5, 0.6) is 0 Å². The molecule has 2 fully saturated rings. The first-order valence-electron chi connectivity index (χ1n) is 15.8. The van der Waals surface area contributed by atoms with Crippen molar-refractivity contribution >= 4 is 34.7 Å². The van der Waals surface area contributed by atoms with E-state index in [9.17, 15) is 4.79 Å². The molecule has 0 aliphatic carbocycles. The summed E-state index contributed by atoms with van der Waals surface area (Å²) in [5.41, 5.74) is 15.2. The molecule has 1 amide bonds. The molecule has 3 aliphatic rings. The lowest BCUT2D eigenvalue weighted by Crippen LogP contribution is -2.48. The Kier molecular flexibility index (Phi) is 7.93. The number of hydrogen-bond acceptors (Lipinski definition) is 10. The number of carbonyl (C=O) groups is 1. The molecule has 45 heavy (non-hydrogen) atoms. The summed E-state index contributed by atoms with van der Waals surface area (Å²) >= 11 is 0. The minimum absolute atomic E-state index is 0.0796. The zero-order valence-electron chi connectivity index (χ0n) is 25.9. The van der Waals surface area contributed by atoms with Crippen molar-refractivity contribution in [3.8, 4) is 11.3 Å². The molecule has 0 atom stereocenters. The van der Waals surface area contributed by atoms with Gasteiger partial charge in [0.1, 0.15) is 5.82 Å². The predicted octanol–water partition coefficient (Wildman–Crippen LogP) is 3.88. The fourth-order valence-electron chi connectivity index (χ4n) is 6.82. The zero-order chi connectivity index (χ0) is 30.9. The number of amides is 1. The maximum atomic E-state index is 13.6. The van der Waals surface area contributed by atoms with Crippen LogP contribution in [0.3, 0.4) is 0 Å². The van der Waals surface area contributed by atoms with Gasteiger partial charge in [0.05, 0.1) is 36.5 Å². The molecule has 7 rings (SSSR count). The summed E-state index contributed by atoms with van der Waals surface area (Å²) in [6.45, 7) is 11.0. The number of nitrogens with two attached hydrogens (primary N) is 1. The van der Waals surface area contributed by atoms with Crippen LogP contribution in [0.2, 0.25) is 0 Å².